The fourth-order valence-electron chi connectivity index (χ4n) is 1.46. The zero-order valence-electron chi connectivity index (χ0n) is 7.86. The van der Waals surface area contributed by atoms with Gasteiger partial charge in [-0.2, -0.15) is 0 Å². The van der Waals surface area contributed by atoms with Crippen molar-refractivity contribution in [3.63, 3.8) is 0 Å². The number of hydrogen-bond acceptors (Lipinski definition) is 3. The number of nitrogens with one attached hydrogen (secondary N) is 1. The molecule has 2 N–H and O–H groups in total. The average Bonchev–Trinajstić information content (AvgIpc) is 2.64. The second-order valence-electron chi connectivity index (χ2n) is 2.93. The van der Waals surface area contributed by atoms with E-state index < -0.39 is 5.97 Å². The Bertz CT molecular complexity index is 535. The molecule has 78 valence electrons. The van der Waals surface area contributed by atoms with Crippen molar-refractivity contribution in [2.75, 3.05) is 12.4 Å². The van der Waals surface area contributed by atoms with Crippen LogP contribution in [0.2, 0.25) is 5.02 Å². The first-order chi connectivity index (χ1) is 7.15. The van der Waals surface area contributed by atoms with Gasteiger partial charge < -0.3 is 10.4 Å². The summed E-state index contributed by atoms with van der Waals surface area (Å²) >= 11 is 5.94. The zero-order valence-corrected chi connectivity index (χ0v) is 8.62. The Morgan fingerprint density at radius 1 is 1.67 bits per heavy atom. The molecule has 6 heteroatoms. The summed E-state index contributed by atoms with van der Waals surface area (Å²) in [6.07, 6.45) is 3.18. The Hall–Kier alpha value is -1.75. The third kappa shape index (κ3) is 1.41. The maximum absolute atomic E-state index is 10.9. The minimum Gasteiger partial charge on any atom is -0.478 e. The maximum atomic E-state index is 10.9. The molecule has 0 amide bonds. The number of imidazole rings is 1. The van der Waals surface area contributed by atoms with Crippen molar-refractivity contribution in [1.82, 2.24) is 9.38 Å². The summed E-state index contributed by atoms with van der Waals surface area (Å²) < 4.78 is 1.60. The first-order valence-corrected chi connectivity index (χ1v) is 4.59. The van der Waals surface area contributed by atoms with Gasteiger partial charge in [0, 0.05) is 19.4 Å². The van der Waals surface area contributed by atoms with E-state index in [4.69, 9.17) is 16.7 Å². The Labute approximate surface area is 90.3 Å². The SMILES string of the molecule is CNc1c(Cl)cc(C(=O)O)c2nccn12. The van der Waals surface area contributed by atoms with Crippen LogP contribution in [0.5, 0.6) is 0 Å². The normalized spacial score (nSPS) is 10.5. The van der Waals surface area contributed by atoms with Gasteiger partial charge >= 0.3 is 5.97 Å². The fraction of sp³-hybridized carbons (Fsp3) is 0.111. The van der Waals surface area contributed by atoms with Crippen molar-refractivity contribution < 1.29 is 9.90 Å². The van der Waals surface area contributed by atoms with Gasteiger partial charge in [-0.3, -0.25) is 4.40 Å². The van der Waals surface area contributed by atoms with Crippen molar-refractivity contribution in [3.8, 4) is 0 Å². The molecule has 2 aromatic rings. The zero-order chi connectivity index (χ0) is 11.0. The van der Waals surface area contributed by atoms with E-state index in [1.165, 1.54) is 12.3 Å². The molecule has 0 saturated carbocycles. The number of rotatable bonds is 2. The molecule has 0 radical (unpaired) electrons. The van der Waals surface area contributed by atoms with Gasteiger partial charge in [-0.15, -0.1) is 0 Å². The molecule has 2 rings (SSSR count). The van der Waals surface area contributed by atoms with Gasteiger partial charge in [-0.25, -0.2) is 9.78 Å². The number of hydrogen-bond donors (Lipinski definition) is 2. The summed E-state index contributed by atoms with van der Waals surface area (Å²) in [6.45, 7) is 0. The van der Waals surface area contributed by atoms with Crippen LogP contribution in [0.15, 0.2) is 18.5 Å². The van der Waals surface area contributed by atoms with Crippen molar-refractivity contribution in [3.05, 3.63) is 29.0 Å². The molecule has 0 aliphatic heterocycles. The van der Waals surface area contributed by atoms with E-state index >= 15 is 0 Å². The Balaban J connectivity index is 2.86. The van der Waals surface area contributed by atoms with Gasteiger partial charge in [0.15, 0.2) is 5.65 Å². The molecule has 0 fully saturated rings. The summed E-state index contributed by atoms with van der Waals surface area (Å²) in [5.74, 6) is -0.426. The maximum Gasteiger partial charge on any atom is 0.339 e. The van der Waals surface area contributed by atoms with E-state index in [0.29, 0.717) is 16.5 Å². The van der Waals surface area contributed by atoms with Gasteiger partial charge in [0.05, 0.1) is 5.02 Å². The second kappa shape index (κ2) is 3.43. The number of carbonyl (C=O) groups is 1. The molecular weight excluding hydrogens is 218 g/mol. The molecule has 0 saturated heterocycles. The molecule has 0 unspecified atom stereocenters. The molecule has 15 heavy (non-hydrogen) atoms. The minimum atomic E-state index is -1.05. The smallest absolute Gasteiger partial charge is 0.339 e. The van der Waals surface area contributed by atoms with Crippen LogP contribution in [0.4, 0.5) is 5.82 Å². The summed E-state index contributed by atoms with van der Waals surface area (Å²) in [7, 11) is 1.71. The lowest BCUT2D eigenvalue weighted by atomic mass is 10.2. The molecular formula is C9H8ClN3O2. The van der Waals surface area contributed by atoms with Gasteiger partial charge in [0.25, 0.3) is 0 Å². The van der Waals surface area contributed by atoms with Crippen LogP contribution in [0.25, 0.3) is 5.65 Å². The number of fused-ring (bicyclic) bond motifs is 1. The number of carboxylic acids is 1. The summed E-state index contributed by atoms with van der Waals surface area (Å²) in [6, 6.07) is 1.39. The number of nitrogens with zero attached hydrogens (tertiary/aromatic N) is 2. The third-order valence-electron chi connectivity index (χ3n) is 2.09. The molecule has 0 aromatic carbocycles. The van der Waals surface area contributed by atoms with Crippen LogP contribution in [-0.2, 0) is 0 Å². The molecule has 0 spiro atoms. The average molecular weight is 226 g/mol. The van der Waals surface area contributed by atoms with Crippen molar-refractivity contribution >= 4 is 29.0 Å². The molecule has 2 aromatic heterocycles. The molecule has 5 nitrogen and oxygen atoms in total. The van der Waals surface area contributed by atoms with E-state index in [9.17, 15) is 4.79 Å². The number of pyridine rings is 1. The van der Waals surface area contributed by atoms with Gasteiger partial charge in [0.1, 0.15) is 11.4 Å². The molecule has 0 aliphatic carbocycles. The summed E-state index contributed by atoms with van der Waals surface area (Å²) in [5.41, 5.74) is 0.459. The van der Waals surface area contributed by atoms with Crippen LogP contribution in [0, 0.1) is 0 Å². The standard InChI is InChI=1S/C9H8ClN3O2/c1-11-8-6(10)4-5(9(14)15)7-12-2-3-13(7)8/h2-4,11H,1H3,(H,14,15). The van der Waals surface area contributed by atoms with E-state index in [1.807, 2.05) is 0 Å². The van der Waals surface area contributed by atoms with Crippen LogP contribution < -0.4 is 5.32 Å². The van der Waals surface area contributed by atoms with Crippen LogP contribution in [0.1, 0.15) is 10.4 Å². The Morgan fingerprint density at radius 3 is 3.00 bits per heavy atom. The quantitative estimate of drug-likeness (QED) is 0.817. The largest absolute Gasteiger partial charge is 0.478 e. The van der Waals surface area contributed by atoms with Crippen molar-refractivity contribution in [2.24, 2.45) is 0 Å². The third-order valence-corrected chi connectivity index (χ3v) is 2.38. The molecule has 0 aliphatic rings. The Morgan fingerprint density at radius 2 is 2.40 bits per heavy atom. The van der Waals surface area contributed by atoms with Crippen molar-refractivity contribution in [2.45, 2.75) is 0 Å². The molecule has 2 heterocycles. The summed E-state index contributed by atoms with van der Waals surface area (Å²) in [5, 5.41) is 12.2. The second-order valence-corrected chi connectivity index (χ2v) is 3.34. The number of carboxylic acid groups (broad SMARTS) is 1. The minimum absolute atomic E-state index is 0.0870. The lowest BCUT2D eigenvalue weighted by Crippen LogP contribution is -2.05. The van der Waals surface area contributed by atoms with E-state index in [1.54, 1.807) is 17.6 Å². The highest BCUT2D eigenvalue weighted by Gasteiger charge is 2.15. The van der Waals surface area contributed by atoms with Gasteiger partial charge in [-0.05, 0) is 6.07 Å². The van der Waals surface area contributed by atoms with Crippen LogP contribution >= 0.6 is 11.6 Å². The van der Waals surface area contributed by atoms with E-state index in [-0.39, 0.29) is 5.56 Å². The van der Waals surface area contributed by atoms with Gasteiger partial charge in [-0.1, -0.05) is 11.6 Å². The highest BCUT2D eigenvalue weighted by Crippen LogP contribution is 2.25. The number of aromatic nitrogens is 2. The van der Waals surface area contributed by atoms with E-state index in [0.717, 1.165) is 0 Å². The molecule has 0 atom stereocenters. The lowest BCUT2D eigenvalue weighted by Gasteiger charge is -2.08. The van der Waals surface area contributed by atoms with Crippen LogP contribution in [0.3, 0.4) is 0 Å². The van der Waals surface area contributed by atoms with Gasteiger partial charge in [0.2, 0.25) is 0 Å². The molecule has 0 bridgehead atoms. The van der Waals surface area contributed by atoms with Crippen LogP contribution in [-0.4, -0.2) is 27.5 Å². The predicted molar refractivity (Wildman–Crippen MR) is 56.7 cm³/mol. The first-order valence-electron chi connectivity index (χ1n) is 4.21. The summed E-state index contributed by atoms with van der Waals surface area (Å²) in [4.78, 5) is 14.9. The number of aromatic carboxylic acids is 1. The highest BCUT2D eigenvalue weighted by atomic mass is 35.5. The van der Waals surface area contributed by atoms with Crippen molar-refractivity contribution in [1.29, 1.82) is 0 Å². The van der Waals surface area contributed by atoms with E-state index in [2.05, 4.69) is 10.3 Å². The number of anilines is 1. The first kappa shape index (κ1) is 9.79. The highest BCUT2D eigenvalue weighted by molar-refractivity contribution is 6.33. The monoisotopic (exact) mass is 225 g/mol. The lowest BCUT2D eigenvalue weighted by molar-refractivity contribution is 0.0698. The Kier molecular flexibility index (Phi) is 2.24. The topological polar surface area (TPSA) is 66.6 Å². The number of halogens is 1. The fourth-order valence-corrected chi connectivity index (χ4v) is 1.75. The predicted octanol–water partition coefficient (Wildman–Crippen LogP) is 1.73.